The van der Waals surface area contributed by atoms with Crippen molar-refractivity contribution in [2.45, 2.75) is 90.3 Å². The Bertz CT molecular complexity index is 3580. The molecule has 0 bridgehead atoms. The van der Waals surface area contributed by atoms with Crippen LogP contribution in [0.3, 0.4) is 0 Å². The van der Waals surface area contributed by atoms with Gasteiger partial charge in [0.1, 0.15) is 29.0 Å². The lowest BCUT2D eigenvalue weighted by molar-refractivity contribution is -0.136. The normalized spacial score (nSPS) is 18.1. The second-order valence-electron chi connectivity index (χ2n) is 22.6. The Morgan fingerprint density at radius 1 is 0.783 bits per heavy atom. The Kier molecular flexibility index (Phi) is 15.6. The predicted molar refractivity (Wildman–Crippen MR) is 304 cm³/mol. The number of piperazine rings is 1. The van der Waals surface area contributed by atoms with Crippen LogP contribution in [0.25, 0.3) is 21.3 Å². The summed E-state index contributed by atoms with van der Waals surface area (Å²) in [5.41, 5.74) is 4.00. The van der Waals surface area contributed by atoms with Crippen LogP contribution in [0.4, 0.5) is 29.8 Å². The minimum Gasteiger partial charge on any atom is -0.493 e. The summed E-state index contributed by atoms with van der Waals surface area (Å²) in [5.74, 6) is -7.78. The first-order valence-electron chi connectivity index (χ1n) is 27.9. The van der Waals surface area contributed by atoms with E-state index in [1.165, 1.54) is 17.4 Å². The molecule has 0 saturated carbocycles. The zero-order chi connectivity index (χ0) is 58.5. The van der Waals surface area contributed by atoms with Gasteiger partial charge in [0.15, 0.2) is 10.8 Å². The third-order valence-electron chi connectivity index (χ3n) is 16.1. The summed E-state index contributed by atoms with van der Waals surface area (Å²) < 4.78 is 60.4. The molecule has 6 aromatic rings. The number of pyridine rings is 1. The van der Waals surface area contributed by atoms with Crippen LogP contribution < -0.4 is 25.2 Å². The van der Waals surface area contributed by atoms with E-state index < -0.39 is 65.3 Å². The maximum Gasteiger partial charge on any atom is 0.358 e. The smallest absolute Gasteiger partial charge is 0.358 e. The first kappa shape index (κ1) is 56.6. The first-order chi connectivity index (χ1) is 39.7. The summed E-state index contributed by atoms with van der Waals surface area (Å²) in [5, 5.41) is 5.63. The fourth-order valence-corrected chi connectivity index (χ4v) is 12.6. The molecule has 1 unspecified atom stereocenters. The van der Waals surface area contributed by atoms with Crippen molar-refractivity contribution in [2.75, 3.05) is 74.1 Å². The highest BCUT2D eigenvalue weighted by Crippen LogP contribution is 2.39. The number of benzene rings is 4. The molecule has 7 heterocycles. The van der Waals surface area contributed by atoms with Crippen LogP contribution in [0.15, 0.2) is 84.9 Å². The number of amides is 6. The molecule has 6 amide bonds. The number of piperidine rings is 2. The number of fused-ring (bicyclic) bond motifs is 3. The number of hydrogen-bond donors (Lipinski definition) is 2. The second kappa shape index (κ2) is 22.8. The lowest BCUT2D eigenvalue weighted by atomic mass is 9.89. The minimum atomic E-state index is -3.06. The van der Waals surface area contributed by atoms with Crippen LogP contribution in [0.5, 0.6) is 5.75 Å². The number of anilines is 3. The molecular formula is C61H62F3N9O9S. The Morgan fingerprint density at radius 3 is 2.25 bits per heavy atom. The summed E-state index contributed by atoms with van der Waals surface area (Å²) in [4.78, 5) is 110. The maximum absolute atomic E-state index is 16.0. The van der Waals surface area contributed by atoms with Crippen molar-refractivity contribution in [2.24, 2.45) is 5.92 Å². The number of carbonyl (C=O) groups excluding carboxylic acids is 7. The lowest BCUT2D eigenvalue weighted by Crippen LogP contribution is -2.54. The Morgan fingerprint density at radius 2 is 1.52 bits per heavy atom. The standard InChI is InChI=1S/C61H62F3N9O9S/c1-35-38(39-15-17-50(66-53(39)58(80)82-60(2,3)4)72-25-19-36-9-7-11-40(43(36)33-72)54(76)68-59-65-45-12-5-6-14-49(45)83-59)10-8-13-48(35)81-30-22-61(63,64)37-20-23-69(24-21-37)34-52(75)71-28-26-70(27-29-71)47-32-42-41(31-44(47)62)56(78)73(57(42)79)46-16-18-51(74)67-55(46)77/h5-15,17,31-32,37,46H,16,18-30,33-34H2,1-4H3,(H,65,68,76)(H,67,74,77). The zero-order valence-electron chi connectivity index (χ0n) is 46.4. The molecular weight excluding hydrogens is 1090 g/mol. The van der Waals surface area contributed by atoms with Crippen molar-refractivity contribution in [1.29, 1.82) is 0 Å². The van der Waals surface area contributed by atoms with Crippen molar-refractivity contribution >= 4 is 79.6 Å². The second-order valence-corrected chi connectivity index (χ2v) is 23.7. The molecule has 5 aliphatic heterocycles. The Hall–Kier alpha value is -8.24. The van der Waals surface area contributed by atoms with Gasteiger partial charge in [-0.2, -0.15) is 0 Å². The number of rotatable bonds is 14. The molecule has 2 aromatic heterocycles. The van der Waals surface area contributed by atoms with Crippen molar-refractivity contribution in [3.8, 4) is 16.9 Å². The molecule has 432 valence electrons. The molecule has 18 nitrogen and oxygen atoms in total. The summed E-state index contributed by atoms with van der Waals surface area (Å²) >= 11 is 1.40. The van der Waals surface area contributed by atoms with Crippen LogP contribution in [0.2, 0.25) is 0 Å². The molecule has 4 aromatic carbocycles. The topological polar surface area (TPSA) is 204 Å². The number of imide groups is 2. The number of carbonyl (C=O) groups is 7. The van der Waals surface area contributed by atoms with E-state index in [9.17, 15) is 33.6 Å². The number of nitrogens with zero attached hydrogens (tertiary/aromatic N) is 7. The predicted octanol–water partition coefficient (Wildman–Crippen LogP) is 8.44. The van der Waals surface area contributed by atoms with Crippen molar-refractivity contribution in [3.05, 3.63) is 130 Å². The van der Waals surface area contributed by atoms with Gasteiger partial charge < -0.3 is 24.2 Å². The number of thiazole rings is 1. The average Bonchev–Trinajstić information content (AvgIpc) is 2.23. The number of nitrogens with one attached hydrogen (secondary N) is 2. The molecule has 3 fully saturated rings. The van der Waals surface area contributed by atoms with Gasteiger partial charge in [-0.05, 0) is 137 Å². The van der Waals surface area contributed by atoms with Crippen LogP contribution in [0.1, 0.15) is 111 Å². The number of halogens is 3. The monoisotopic (exact) mass is 1150 g/mol. The van der Waals surface area contributed by atoms with Gasteiger partial charge in [-0.25, -0.2) is 27.9 Å². The Labute approximate surface area is 480 Å². The van der Waals surface area contributed by atoms with Gasteiger partial charge in [-0.3, -0.25) is 49.2 Å². The molecule has 0 aliphatic carbocycles. The van der Waals surface area contributed by atoms with Crippen LogP contribution in [-0.2, 0) is 32.1 Å². The molecule has 22 heteroatoms. The van der Waals surface area contributed by atoms with E-state index in [0.29, 0.717) is 71.6 Å². The quantitative estimate of drug-likeness (QED) is 0.0777. The van der Waals surface area contributed by atoms with Crippen LogP contribution in [0, 0.1) is 18.7 Å². The molecule has 83 heavy (non-hydrogen) atoms. The fraction of sp³-hybridized carbons (Fsp3) is 0.393. The largest absolute Gasteiger partial charge is 0.493 e. The van der Waals surface area contributed by atoms with Crippen molar-refractivity contribution in [3.63, 3.8) is 0 Å². The minimum absolute atomic E-state index is 0.0298. The van der Waals surface area contributed by atoms with Crippen molar-refractivity contribution < 1.29 is 56.2 Å². The van der Waals surface area contributed by atoms with Gasteiger partial charge in [0, 0.05) is 69.2 Å². The summed E-state index contributed by atoms with van der Waals surface area (Å²) in [7, 11) is 0. The third kappa shape index (κ3) is 11.8. The number of para-hydroxylation sites is 1. The molecule has 0 radical (unpaired) electrons. The third-order valence-corrected chi connectivity index (χ3v) is 17.1. The van der Waals surface area contributed by atoms with E-state index in [-0.39, 0.29) is 99.3 Å². The number of hydrogen-bond acceptors (Lipinski definition) is 15. The van der Waals surface area contributed by atoms with Gasteiger partial charge in [0.05, 0.1) is 40.2 Å². The SMILES string of the molecule is Cc1c(OCCC(F)(F)C2CCN(CC(=O)N3CCN(c4cc5c(cc4F)C(=O)N(C4CCC(=O)NC4=O)C5=O)CC3)CC2)cccc1-c1ccc(N2CCc3cccc(C(=O)Nc4nc5ccccc5s4)c3C2)nc1C(=O)OC(C)(C)C. The van der Waals surface area contributed by atoms with E-state index >= 15 is 13.2 Å². The van der Waals surface area contributed by atoms with Crippen LogP contribution in [-0.4, -0.2) is 143 Å². The molecule has 1 atom stereocenters. The lowest BCUT2D eigenvalue weighted by Gasteiger charge is -2.39. The first-order valence-corrected chi connectivity index (χ1v) is 28.7. The number of alkyl halides is 2. The van der Waals surface area contributed by atoms with E-state index in [4.69, 9.17) is 14.5 Å². The zero-order valence-corrected chi connectivity index (χ0v) is 47.2. The van der Waals surface area contributed by atoms with Gasteiger partial charge in [0.25, 0.3) is 23.6 Å². The molecule has 11 rings (SSSR count). The van der Waals surface area contributed by atoms with E-state index in [2.05, 4.69) is 15.6 Å². The molecule has 3 saturated heterocycles. The maximum atomic E-state index is 16.0. The van der Waals surface area contributed by atoms with Crippen LogP contribution >= 0.6 is 11.3 Å². The van der Waals surface area contributed by atoms with Gasteiger partial charge in [-0.1, -0.05) is 47.7 Å². The molecule has 0 spiro atoms. The number of esters is 1. The van der Waals surface area contributed by atoms with E-state index in [0.717, 1.165) is 32.3 Å². The summed E-state index contributed by atoms with van der Waals surface area (Å²) in [6.45, 7) is 9.31. The van der Waals surface area contributed by atoms with Gasteiger partial charge >= 0.3 is 5.97 Å². The molecule has 5 aliphatic rings. The number of ether oxygens (including phenoxy) is 2. The number of likely N-dealkylation sites (tertiary alicyclic amines) is 1. The fourth-order valence-electron chi connectivity index (χ4n) is 11.7. The highest BCUT2D eigenvalue weighted by atomic mass is 32.1. The highest BCUT2D eigenvalue weighted by molar-refractivity contribution is 7.22. The summed E-state index contributed by atoms with van der Waals surface area (Å²) in [6, 6.07) is 23.4. The Balaban J connectivity index is 0.684. The average molecular weight is 1150 g/mol. The van der Waals surface area contributed by atoms with Crippen molar-refractivity contribution in [1.82, 2.24) is 30.0 Å². The number of aromatic nitrogens is 2. The van der Waals surface area contributed by atoms with E-state index in [1.54, 1.807) is 61.8 Å². The van der Waals surface area contributed by atoms with Gasteiger partial charge in [-0.15, -0.1) is 0 Å². The van der Waals surface area contributed by atoms with Gasteiger partial charge in [0.2, 0.25) is 17.7 Å². The molecule has 2 N–H and O–H groups in total. The summed E-state index contributed by atoms with van der Waals surface area (Å²) in [6.07, 6.45) is 0.354. The highest BCUT2D eigenvalue weighted by Gasteiger charge is 2.46. The van der Waals surface area contributed by atoms with E-state index in [1.807, 2.05) is 58.3 Å².